The number of nitrogens with zero attached hydrogens (tertiary/aromatic N) is 2. The van der Waals surface area contributed by atoms with Gasteiger partial charge in [0.1, 0.15) is 27.7 Å². The molecule has 28 heavy (non-hydrogen) atoms. The van der Waals surface area contributed by atoms with E-state index in [4.69, 9.17) is 4.52 Å². The summed E-state index contributed by atoms with van der Waals surface area (Å²) in [7, 11) is 0. The third-order valence-electron chi connectivity index (χ3n) is 4.52. The van der Waals surface area contributed by atoms with Crippen LogP contribution >= 0.6 is 11.3 Å². The van der Waals surface area contributed by atoms with Crippen LogP contribution in [0.2, 0.25) is 0 Å². The maximum absolute atomic E-state index is 12.9. The lowest BCUT2D eigenvalue weighted by Crippen LogP contribution is -2.28. The fraction of sp³-hybridized carbons (Fsp3) is 0.300. The molecule has 0 saturated heterocycles. The molecule has 4 rings (SSSR count). The number of amides is 2. The number of aromatic nitrogens is 2. The zero-order valence-corrected chi connectivity index (χ0v) is 16.4. The minimum atomic E-state index is -0.349. The lowest BCUT2D eigenvalue weighted by molar-refractivity contribution is 0.0936. The van der Waals surface area contributed by atoms with Crippen molar-refractivity contribution in [1.29, 1.82) is 0 Å². The highest BCUT2D eigenvalue weighted by molar-refractivity contribution is 7.09. The first-order chi connectivity index (χ1) is 13.5. The van der Waals surface area contributed by atoms with E-state index in [2.05, 4.69) is 20.8 Å². The largest absolute Gasteiger partial charge is 0.360 e. The van der Waals surface area contributed by atoms with Gasteiger partial charge in [-0.05, 0) is 26.7 Å². The summed E-state index contributed by atoms with van der Waals surface area (Å²) >= 11 is 1.35. The molecule has 3 aromatic rings. The molecule has 1 fully saturated rings. The summed E-state index contributed by atoms with van der Waals surface area (Å²) < 4.78 is 5.26. The molecule has 0 radical (unpaired) electrons. The van der Waals surface area contributed by atoms with E-state index in [0.717, 1.165) is 18.4 Å². The van der Waals surface area contributed by atoms with Crippen LogP contribution < -0.4 is 10.6 Å². The SMILES string of the molecule is Cc1onc(-c2ccccc2)c1C(=O)N[C@@H](C)c1nc(C(=O)NC2CC2)cs1. The van der Waals surface area contributed by atoms with Crippen LogP contribution in [-0.2, 0) is 0 Å². The van der Waals surface area contributed by atoms with E-state index in [-0.39, 0.29) is 23.9 Å². The molecule has 2 N–H and O–H groups in total. The first-order valence-electron chi connectivity index (χ1n) is 9.11. The number of nitrogens with one attached hydrogen (secondary N) is 2. The number of aryl methyl sites for hydroxylation is 1. The van der Waals surface area contributed by atoms with E-state index in [0.29, 0.717) is 27.7 Å². The van der Waals surface area contributed by atoms with Crippen molar-refractivity contribution >= 4 is 23.2 Å². The van der Waals surface area contributed by atoms with Gasteiger partial charge in [-0.3, -0.25) is 9.59 Å². The second-order valence-corrected chi connectivity index (χ2v) is 7.73. The van der Waals surface area contributed by atoms with Gasteiger partial charge in [0, 0.05) is 17.0 Å². The molecule has 144 valence electrons. The van der Waals surface area contributed by atoms with Crippen molar-refractivity contribution in [3.8, 4) is 11.3 Å². The lowest BCUT2D eigenvalue weighted by Gasteiger charge is -2.11. The molecular weight excluding hydrogens is 376 g/mol. The van der Waals surface area contributed by atoms with Crippen LogP contribution in [0, 0.1) is 6.92 Å². The van der Waals surface area contributed by atoms with E-state index in [1.807, 2.05) is 37.3 Å². The minimum Gasteiger partial charge on any atom is -0.360 e. The Kier molecular flexibility index (Phi) is 4.95. The number of carbonyl (C=O) groups excluding carboxylic acids is 2. The van der Waals surface area contributed by atoms with Gasteiger partial charge in [0.2, 0.25) is 0 Å². The van der Waals surface area contributed by atoms with Crippen molar-refractivity contribution in [2.45, 2.75) is 38.8 Å². The molecule has 1 aromatic carbocycles. The van der Waals surface area contributed by atoms with Gasteiger partial charge in [0.25, 0.3) is 11.8 Å². The Hall–Kier alpha value is -3.00. The summed E-state index contributed by atoms with van der Waals surface area (Å²) in [6, 6.07) is 9.35. The molecule has 8 heteroatoms. The van der Waals surface area contributed by atoms with E-state index in [9.17, 15) is 9.59 Å². The van der Waals surface area contributed by atoms with Crippen molar-refractivity contribution < 1.29 is 14.1 Å². The quantitative estimate of drug-likeness (QED) is 0.665. The summed E-state index contributed by atoms with van der Waals surface area (Å²) in [6.45, 7) is 3.55. The second-order valence-electron chi connectivity index (χ2n) is 6.84. The standard InChI is InChI=1S/C20H20N4O3S/c1-11(20-23-15(10-28-20)18(25)22-14-8-9-14)21-19(26)16-12(2)27-24-17(16)13-6-4-3-5-7-13/h3-7,10-11,14H,8-9H2,1-2H3,(H,21,26)(H,22,25)/t11-/m0/s1. The molecule has 0 spiro atoms. The van der Waals surface area contributed by atoms with Gasteiger partial charge >= 0.3 is 0 Å². The summed E-state index contributed by atoms with van der Waals surface area (Å²) in [4.78, 5) is 29.4. The third kappa shape index (κ3) is 3.82. The van der Waals surface area contributed by atoms with Crippen LogP contribution in [0.5, 0.6) is 0 Å². The Morgan fingerprint density at radius 3 is 2.68 bits per heavy atom. The Labute approximate surface area is 166 Å². The van der Waals surface area contributed by atoms with Crippen molar-refractivity contribution in [3.05, 3.63) is 57.7 Å². The number of thiazole rings is 1. The van der Waals surface area contributed by atoms with Crippen molar-refractivity contribution in [1.82, 2.24) is 20.8 Å². The van der Waals surface area contributed by atoms with Gasteiger partial charge in [0.05, 0.1) is 6.04 Å². The normalized spacial score (nSPS) is 14.5. The first-order valence-corrected chi connectivity index (χ1v) is 9.99. The predicted molar refractivity (Wildman–Crippen MR) is 105 cm³/mol. The Morgan fingerprint density at radius 1 is 1.21 bits per heavy atom. The molecule has 2 heterocycles. The average Bonchev–Trinajstić information content (AvgIpc) is 3.20. The van der Waals surface area contributed by atoms with Crippen LogP contribution in [0.3, 0.4) is 0 Å². The molecule has 1 atom stereocenters. The zero-order valence-electron chi connectivity index (χ0n) is 15.6. The van der Waals surface area contributed by atoms with Gasteiger partial charge < -0.3 is 15.2 Å². The zero-order chi connectivity index (χ0) is 19.7. The predicted octanol–water partition coefficient (Wildman–Crippen LogP) is 3.49. The highest BCUT2D eigenvalue weighted by Crippen LogP contribution is 2.26. The highest BCUT2D eigenvalue weighted by Gasteiger charge is 2.26. The molecule has 1 aliphatic rings. The summed E-state index contributed by atoms with van der Waals surface area (Å²) in [6.07, 6.45) is 2.05. The fourth-order valence-electron chi connectivity index (χ4n) is 2.84. The van der Waals surface area contributed by atoms with Gasteiger partial charge in [-0.2, -0.15) is 0 Å². The van der Waals surface area contributed by atoms with Crippen LogP contribution in [0.4, 0.5) is 0 Å². The molecule has 2 amide bonds. The number of benzene rings is 1. The molecular formula is C20H20N4O3S. The fourth-order valence-corrected chi connectivity index (χ4v) is 3.65. The van der Waals surface area contributed by atoms with Crippen LogP contribution in [0.15, 0.2) is 40.2 Å². The van der Waals surface area contributed by atoms with Gasteiger partial charge in [-0.25, -0.2) is 4.98 Å². The van der Waals surface area contributed by atoms with Crippen LogP contribution in [-0.4, -0.2) is 28.0 Å². The Balaban J connectivity index is 1.49. The Morgan fingerprint density at radius 2 is 1.96 bits per heavy atom. The molecule has 0 unspecified atom stereocenters. The molecule has 7 nitrogen and oxygen atoms in total. The highest BCUT2D eigenvalue weighted by atomic mass is 32.1. The molecule has 0 bridgehead atoms. The van der Waals surface area contributed by atoms with Gasteiger partial charge in [0.15, 0.2) is 0 Å². The minimum absolute atomic E-state index is 0.162. The van der Waals surface area contributed by atoms with Crippen LogP contribution in [0.25, 0.3) is 11.3 Å². The monoisotopic (exact) mass is 396 g/mol. The first kappa shape index (κ1) is 18.4. The van der Waals surface area contributed by atoms with Gasteiger partial charge in [-0.15, -0.1) is 11.3 Å². The number of carbonyl (C=O) groups is 2. The van der Waals surface area contributed by atoms with Crippen molar-refractivity contribution in [3.63, 3.8) is 0 Å². The van der Waals surface area contributed by atoms with E-state index >= 15 is 0 Å². The number of hydrogen-bond donors (Lipinski definition) is 2. The van der Waals surface area contributed by atoms with Crippen molar-refractivity contribution in [2.75, 3.05) is 0 Å². The molecule has 1 aliphatic carbocycles. The maximum atomic E-state index is 12.9. The van der Waals surface area contributed by atoms with E-state index in [1.54, 1.807) is 12.3 Å². The lowest BCUT2D eigenvalue weighted by atomic mass is 10.1. The summed E-state index contributed by atoms with van der Waals surface area (Å²) in [5.41, 5.74) is 2.11. The number of rotatable bonds is 6. The summed E-state index contributed by atoms with van der Waals surface area (Å²) in [5, 5.41) is 12.3. The Bertz CT molecular complexity index is 1010. The summed E-state index contributed by atoms with van der Waals surface area (Å²) in [5.74, 6) is 0.00115. The average molecular weight is 396 g/mol. The topological polar surface area (TPSA) is 97.1 Å². The smallest absolute Gasteiger partial charge is 0.270 e. The van der Waals surface area contributed by atoms with E-state index < -0.39 is 0 Å². The number of hydrogen-bond acceptors (Lipinski definition) is 6. The van der Waals surface area contributed by atoms with Crippen molar-refractivity contribution in [2.24, 2.45) is 0 Å². The van der Waals surface area contributed by atoms with E-state index in [1.165, 1.54) is 11.3 Å². The van der Waals surface area contributed by atoms with Crippen LogP contribution in [0.1, 0.15) is 57.4 Å². The third-order valence-corrected chi connectivity index (χ3v) is 5.55. The molecule has 0 aliphatic heterocycles. The second kappa shape index (κ2) is 7.55. The maximum Gasteiger partial charge on any atom is 0.270 e. The molecule has 1 saturated carbocycles. The molecule has 2 aromatic heterocycles. The van der Waals surface area contributed by atoms with Gasteiger partial charge in [-0.1, -0.05) is 35.5 Å².